The molecule has 0 amide bonds. The summed E-state index contributed by atoms with van der Waals surface area (Å²) < 4.78 is 16.4. The van der Waals surface area contributed by atoms with Crippen molar-refractivity contribution in [2.75, 3.05) is 41.0 Å². The summed E-state index contributed by atoms with van der Waals surface area (Å²) in [6, 6.07) is 11.3. The van der Waals surface area contributed by atoms with E-state index in [4.69, 9.17) is 14.2 Å². The minimum absolute atomic E-state index is 0.552. The number of aliphatic imine (C=N–C) groups is 1. The summed E-state index contributed by atoms with van der Waals surface area (Å²) in [6.45, 7) is 3.28. The van der Waals surface area contributed by atoms with Gasteiger partial charge in [0.1, 0.15) is 11.5 Å². The predicted molar refractivity (Wildman–Crippen MR) is 109 cm³/mol. The van der Waals surface area contributed by atoms with E-state index >= 15 is 0 Å². The van der Waals surface area contributed by atoms with Gasteiger partial charge in [-0.2, -0.15) is 0 Å². The van der Waals surface area contributed by atoms with Gasteiger partial charge in [-0.15, -0.1) is 0 Å². The van der Waals surface area contributed by atoms with Crippen LogP contribution in [0.5, 0.6) is 17.4 Å². The first-order valence-corrected chi connectivity index (χ1v) is 9.44. The second-order valence-corrected chi connectivity index (χ2v) is 6.79. The van der Waals surface area contributed by atoms with E-state index in [2.05, 4.69) is 27.2 Å². The second kappa shape index (κ2) is 9.94. The standard InChI is InChI=1S/C21H28N4O3/c1-22-21(25(2)14-17-10-11-27-15-17)24-13-16-4-9-20(23-12-16)28-19-7-5-18(26-3)6-8-19/h4-9,12,17H,10-11,13-15H2,1-3H3,(H,22,24). The van der Waals surface area contributed by atoms with E-state index in [1.165, 1.54) is 0 Å². The van der Waals surface area contributed by atoms with Crippen molar-refractivity contribution in [3.05, 3.63) is 48.2 Å². The third-order valence-corrected chi connectivity index (χ3v) is 4.66. The Morgan fingerprint density at radius 2 is 2.04 bits per heavy atom. The second-order valence-electron chi connectivity index (χ2n) is 6.79. The van der Waals surface area contributed by atoms with Gasteiger partial charge >= 0.3 is 0 Å². The summed E-state index contributed by atoms with van der Waals surface area (Å²) in [5.41, 5.74) is 1.06. The molecule has 1 aliphatic rings. The van der Waals surface area contributed by atoms with Gasteiger partial charge in [-0.25, -0.2) is 4.98 Å². The highest BCUT2D eigenvalue weighted by Crippen LogP contribution is 2.22. The van der Waals surface area contributed by atoms with Crippen molar-refractivity contribution < 1.29 is 14.2 Å². The number of guanidine groups is 1. The third-order valence-electron chi connectivity index (χ3n) is 4.66. The van der Waals surface area contributed by atoms with Gasteiger partial charge in [-0.05, 0) is 36.2 Å². The fourth-order valence-corrected chi connectivity index (χ4v) is 3.11. The van der Waals surface area contributed by atoms with Crippen LogP contribution in [0.25, 0.3) is 0 Å². The van der Waals surface area contributed by atoms with Crippen LogP contribution in [0.3, 0.4) is 0 Å². The smallest absolute Gasteiger partial charge is 0.219 e. The highest BCUT2D eigenvalue weighted by atomic mass is 16.5. The molecule has 1 aromatic heterocycles. The molecule has 3 rings (SSSR count). The number of benzene rings is 1. The van der Waals surface area contributed by atoms with Crippen LogP contribution >= 0.6 is 0 Å². The fourth-order valence-electron chi connectivity index (χ4n) is 3.11. The first kappa shape index (κ1) is 19.9. The number of aromatic nitrogens is 1. The molecule has 0 bridgehead atoms. The van der Waals surface area contributed by atoms with E-state index in [-0.39, 0.29) is 0 Å². The number of ether oxygens (including phenoxy) is 3. The first-order valence-electron chi connectivity index (χ1n) is 9.44. The normalized spacial score (nSPS) is 16.7. The average Bonchev–Trinajstić information content (AvgIpc) is 3.23. The van der Waals surface area contributed by atoms with Gasteiger partial charge in [0.2, 0.25) is 5.88 Å². The van der Waals surface area contributed by atoms with Crippen molar-refractivity contribution in [3.63, 3.8) is 0 Å². The lowest BCUT2D eigenvalue weighted by atomic mass is 10.1. The van der Waals surface area contributed by atoms with Gasteiger partial charge in [-0.1, -0.05) is 6.07 Å². The van der Waals surface area contributed by atoms with Gasteiger partial charge in [0.25, 0.3) is 0 Å². The number of hydrogen-bond acceptors (Lipinski definition) is 5. The molecule has 0 aliphatic carbocycles. The summed E-state index contributed by atoms with van der Waals surface area (Å²) >= 11 is 0. The molecule has 7 nitrogen and oxygen atoms in total. The van der Waals surface area contributed by atoms with Crippen molar-refractivity contribution in [1.82, 2.24) is 15.2 Å². The molecule has 1 unspecified atom stereocenters. The quantitative estimate of drug-likeness (QED) is 0.585. The monoisotopic (exact) mass is 384 g/mol. The van der Waals surface area contributed by atoms with E-state index < -0.39 is 0 Å². The van der Waals surface area contributed by atoms with E-state index in [1.807, 2.05) is 42.6 Å². The molecule has 0 radical (unpaired) electrons. The van der Waals surface area contributed by atoms with Crippen LogP contribution in [0.2, 0.25) is 0 Å². The number of nitrogens with one attached hydrogen (secondary N) is 1. The lowest BCUT2D eigenvalue weighted by molar-refractivity contribution is 0.181. The highest BCUT2D eigenvalue weighted by molar-refractivity contribution is 5.79. The number of methoxy groups -OCH3 is 1. The Kier molecular flexibility index (Phi) is 7.08. The Labute approximate surface area is 166 Å². The number of rotatable bonds is 7. The zero-order chi connectivity index (χ0) is 19.8. The van der Waals surface area contributed by atoms with E-state index in [0.29, 0.717) is 18.3 Å². The van der Waals surface area contributed by atoms with Crippen molar-refractivity contribution in [2.24, 2.45) is 10.9 Å². The number of hydrogen-bond donors (Lipinski definition) is 1. The highest BCUT2D eigenvalue weighted by Gasteiger charge is 2.19. The van der Waals surface area contributed by atoms with Crippen molar-refractivity contribution in [3.8, 4) is 17.4 Å². The topological polar surface area (TPSA) is 68.2 Å². The SMILES string of the molecule is CN=C(NCc1ccc(Oc2ccc(OC)cc2)nc1)N(C)CC1CCOC1. The van der Waals surface area contributed by atoms with E-state index in [0.717, 1.165) is 49.2 Å². The molecule has 1 aliphatic heterocycles. The minimum Gasteiger partial charge on any atom is -0.497 e. The van der Waals surface area contributed by atoms with Gasteiger partial charge in [-0.3, -0.25) is 4.99 Å². The van der Waals surface area contributed by atoms with Crippen LogP contribution < -0.4 is 14.8 Å². The summed E-state index contributed by atoms with van der Waals surface area (Å²) in [7, 11) is 5.49. The average molecular weight is 384 g/mol. The van der Waals surface area contributed by atoms with Crippen molar-refractivity contribution in [1.29, 1.82) is 0 Å². The molecule has 2 aromatic rings. The molecule has 7 heteroatoms. The van der Waals surface area contributed by atoms with Crippen LogP contribution in [0.4, 0.5) is 0 Å². The van der Waals surface area contributed by atoms with E-state index in [9.17, 15) is 0 Å². The molecule has 0 spiro atoms. The summed E-state index contributed by atoms with van der Waals surface area (Å²) in [5, 5.41) is 3.38. The molecule has 1 fully saturated rings. The maximum atomic E-state index is 5.76. The molecule has 1 atom stereocenters. The van der Waals surface area contributed by atoms with Gasteiger partial charge in [0, 0.05) is 52.0 Å². The summed E-state index contributed by atoms with van der Waals surface area (Å²) in [6.07, 6.45) is 2.92. The summed E-state index contributed by atoms with van der Waals surface area (Å²) in [5.74, 6) is 3.50. The van der Waals surface area contributed by atoms with Crippen LogP contribution in [-0.4, -0.2) is 56.8 Å². The molecule has 28 heavy (non-hydrogen) atoms. The molecule has 1 saturated heterocycles. The molecule has 0 saturated carbocycles. The van der Waals surface area contributed by atoms with Gasteiger partial charge < -0.3 is 24.4 Å². The molecular formula is C21H28N4O3. The Hall–Kier alpha value is -2.80. The van der Waals surface area contributed by atoms with Gasteiger partial charge in [0.15, 0.2) is 5.96 Å². The fraction of sp³-hybridized carbons (Fsp3) is 0.429. The zero-order valence-corrected chi connectivity index (χ0v) is 16.7. The summed E-state index contributed by atoms with van der Waals surface area (Å²) in [4.78, 5) is 10.9. The Morgan fingerprint density at radius 1 is 1.25 bits per heavy atom. The Bertz CT molecular complexity index is 756. The Morgan fingerprint density at radius 3 is 2.64 bits per heavy atom. The van der Waals surface area contributed by atoms with Gasteiger partial charge in [0.05, 0.1) is 13.7 Å². The maximum absolute atomic E-state index is 5.76. The third kappa shape index (κ3) is 5.60. The zero-order valence-electron chi connectivity index (χ0n) is 16.7. The van der Waals surface area contributed by atoms with Crippen LogP contribution in [0, 0.1) is 5.92 Å². The van der Waals surface area contributed by atoms with Crippen LogP contribution in [0.1, 0.15) is 12.0 Å². The van der Waals surface area contributed by atoms with Crippen LogP contribution in [0.15, 0.2) is 47.6 Å². The molecule has 150 valence electrons. The largest absolute Gasteiger partial charge is 0.497 e. The predicted octanol–water partition coefficient (Wildman–Crippen LogP) is 2.93. The molecule has 1 N–H and O–H groups in total. The lowest BCUT2D eigenvalue weighted by Crippen LogP contribution is -2.41. The van der Waals surface area contributed by atoms with Crippen LogP contribution in [-0.2, 0) is 11.3 Å². The number of nitrogens with zero attached hydrogens (tertiary/aromatic N) is 3. The number of pyridine rings is 1. The Balaban J connectivity index is 1.50. The van der Waals surface area contributed by atoms with Crippen molar-refractivity contribution in [2.45, 2.75) is 13.0 Å². The lowest BCUT2D eigenvalue weighted by Gasteiger charge is -2.24. The minimum atomic E-state index is 0.552. The molecule has 2 heterocycles. The van der Waals surface area contributed by atoms with E-state index in [1.54, 1.807) is 14.2 Å². The molecular weight excluding hydrogens is 356 g/mol. The molecule has 1 aromatic carbocycles. The first-order chi connectivity index (χ1) is 13.7. The maximum Gasteiger partial charge on any atom is 0.219 e. The van der Waals surface area contributed by atoms with Crippen molar-refractivity contribution >= 4 is 5.96 Å².